The van der Waals surface area contributed by atoms with Crippen LogP contribution < -0.4 is 0 Å². The largest absolute Gasteiger partial charge is 0.369 e. The summed E-state index contributed by atoms with van der Waals surface area (Å²) in [4.78, 5) is 12.0. The molecule has 2 fully saturated rings. The van der Waals surface area contributed by atoms with Crippen LogP contribution in [0.2, 0.25) is 0 Å². The molecule has 2 heterocycles. The van der Waals surface area contributed by atoms with Crippen LogP contribution in [0, 0.1) is 11.3 Å². The Kier molecular flexibility index (Phi) is 1.88. The van der Waals surface area contributed by atoms with Crippen LogP contribution in [0.3, 0.4) is 0 Å². The van der Waals surface area contributed by atoms with Crippen molar-refractivity contribution in [1.82, 2.24) is 0 Å². The zero-order chi connectivity index (χ0) is 10.6. The summed E-state index contributed by atoms with van der Waals surface area (Å²) in [5.74, 6) is 0.832. The van der Waals surface area contributed by atoms with Crippen LogP contribution in [-0.2, 0) is 9.53 Å². The van der Waals surface area contributed by atoms with E-state index in [1.165, 1.54) is 18.4 Å². The predicted molar refractivity (Wildman–Crippen MR) is 57.5 cm³/mol. The molecule has 0 aromatic heterocycles. The number of Topliss-reactive ketones (excluding diaryl/α,β-unsaturated/α-hetero) is 1. The Hall–Kier alpha value is -0.630. The lowest BCUT2D eigenvalue weighted by Crippen LogP contribution is -2.39. The summed E-state index contributed by atoms with van der Waals surface area (Å²) in [6.45, 7) is 3.93. The molecule has 2 heteroatoms. The number of fused-ring (bicyclic) bond motifs is 5. The van der Waals surface area contributed by atoms with E-state index < -0.39 is 0 Å². The van der Waals surface area contributed by atoms with E-state index in [2.05, 4.69) is 13.0 Å². The van der Waals surface area contributed by atoms with Crippen molar-refractivity contribution < 1.29 is 9.53 Å². The maximum absolute atomic E-state index is 12.0. The van der Waals surface area contributed by atoms with Crippen molar-refractivity contribution in [2.45, 2.75) is 51.7 Å². The van der Waals surface area contributed by atoms with Crippen LogP contribution >= 0.6 is 0 Å². The minimum atomic E-state index is -0.126. The fourth-order valence-corrected chi connectivity index (χ4v) is 4.01. The smallest absolute Gasteiger partial charge is 0.138 e. The lowest BCUT2D eigenvalue weighted by atomic mass is 9.71. The molecule has 2 aliphatic heterocycles. The molecular weight excluding hydrogens is 188 g/mol. The van der Waals surface area contributed by atoms with E-state index in [1.807, 2.05) is 0 Å². The summed E-state index contributed by atoms with van der Waals surface area (Å²) in [6.07, 6.45) is 7.05. The molecule has 2 nitrogen and oxygen atoms in total. The first-order valence-electron chi connectivity index (χ1n) is 5.98. The SMILES string of the molecule is CC(=O)C12CCCC1[C@H]1C=C(C)C[C@@H]2O1. The van der Waals surface area contributed by atoms with Crippen LogP contribution in [0.15, 0.2) is 11.6 Å². The highest BCUT2D eigenvalue weighted by molar-refractivity contribution is 5.84. The van der Waals surface area contributed by atoms with Crippen LogP contribution in [-0.4, -0.2) is 18.0 Å². The third-order valence-corrected chi connectivity index (χ3v) is 4.67. The average molecular weight is 206 g/mol. The summed E-state index contributed by atoms with van der Waals surface area (Å²) in [5.41, 5.74) is 1.28. The van der Waals surface area contributed by atoms with E-state index in [-0.39, 0.29) is 17.6 Å². The molecule has 0 radical (unpaired) electrons. The second-order valence-corrected chi connectivity index (χ2v) is 5.40. The molecule has 0 aromatic carbocycles. The van der Waals surface area contributed by atoms with Gasteiger partial charge in [0, 0.05) is 5.92 Å². The van der Waals surface area contributed by atoms with E-state index in [9.17, 15) is 4.79 Å². The first-order chi connectivity index (χ1) is 7.14. The molecule has 1 saturated carbocycles. The molecule has 4 atom stereocenters. The van der Waals surface area contributed by atoms with Crippen molar-refractivity contribution in [3.8, 4) is 0 Å². The van der Waals surface area contributed by atoms with Gasteiger partial charge in [-0.3, -0.25) is 4.79 Å². The monoisotopic (exact) mass is 206 g/mol. The highest BCUT2D eigenvalue weighted by Gasteiger charge is 2.61. The number of carbonyl (C=O) groups excluding carboxylic acids is 1. The van der Waals surface area contributed by atoms with Gasteiger partial charge in [-0.05, 0) is 33.1 Å². The van der Waals surface area contributed by atoms with Gasteiger partial charge in [0.25, 0.3) is 0 Å². The van der Waals surface area contributed by atoms with Crippen LogP contribution in [0.4, 0.5) is 0 Å². The first-order valence-corrected chi connectivity index (χ1v) is 5.98. The van der Waals surface area contributed by atoms with E-state index >= 15 is 0 Å². The van der Waals surface area contributed by atoms with Gasteiger partial charge in [0.05, 0.1) is 17.6 Å². The van der Waals surface area contributed by atoms with Gasteiger partial charge >= 0.3 is 0 Å². The standard InChI is InChI=1S/C13H18O2/c1-8-6-11-10-4-3-5-13(10,9(2)14)12(7-8)15-11/h6,10-12H,3-5,7H2,1-2H3/t10?,11-,12+,13?/m1/s1. The highest BCUT2D eigenvalue weighted by atomic mass is 16.5. The van der Waals surface area contributed by atoms with Crippen LogP contribution in [0.1, 0.15) is 39.5 Å². The first kappa shape index (κ1) is 9.59. The zero-order valence-corrected chi connectivity index (χ0v) is 9.45. The van der Waals surface area contributed by atoms with Crippen LogP contribution in [0.25, 0.3) is 0 Å². The summed E-state index contributed by atoms with van der Waals surface area (Å²) >= 11 is 0. The molecule has 1 saturated heterocycles. The van der Waals surface area contributed by atoms with Gasteiger partial charge in [-0.1, -0.05) is 18.1 Å². The van der Waals surface area contributed by atoms with Gasteiger partial charge < -0.3 is 4.74 Å². The van der Waals surface area contributed by atoms with Crippen molar-refractivity contribution in [1.29, 1.82) is 0 Å². The molecule has 3 rings (SSSR count). The summed E-state index contributed by atoms with van der Waals surface area (Å²) in [7, 11) is 0. The number of carbonyl (C=O) groups is 1. The quantitative estimate of drug-likeness (QED) is 0.616. The van der Waals surface area contributed by atoms with Crippen molar-refractivity contribution in [3.63, 3.8) is 0 Å². The van der Waals surface area contributed by atoms with Gasteiger partial charge in [-0.15, -0.1) is 0 Å². The summed E-state index contributed by atoms with van der Waals surface area (Å²) in [6, 6.07) is 0. The van der Waals surface area contributed by atoms with Gasteiger partial charge in [0.1, 0.15) is 5.78 Å². The Balaban J connectivity index is 2.06. The van der Waals surface area contributed by atoms with E-state index in [0.717, 1.165) is 12.8 Å². The summed E-state index contributed by atoms with van der Waals surface area (Å²) in [5, 5.41) is 0. The third kappa shape index (κ3) is 1.06. The maximum atomic E-state index is 12.0. The van der Waals surface area contributed by atoms with Crippen molar-refractivity contribution in [3.05, 3.63) is 11.6 Å². The molecule has 0 aromatic rings. The van der Waals surface area contributed by atoms with Gasteiger partial charge in [-0.2, -0.15) is 0 Å². The number of hydrogen-bond donors (Lipinski definition) is 0. The Bertz CT molecular complexity index is 344. The molecule has 3 aliphatic rings. The molecule has 15 heavy (non-hydrogen) atoms. The summed E-state index contributed by atoms with van der Waals surface area (Å²) < 4.78 is 6.00. The van der Waals surface area contributed by atoms with Gasteiger partial charge in [-0.25, -0.2) is 0 Å². The number of rotatable bonds is 1. The van der Waals surface area contributed by atoms with Crippen molar-refractivity contribution >= 4 is 5.78 Å². The topological polar surface area (TPSA) is 26.3 Å². The fourth-order valence-electron chi connectivity index (χ4n) is 4.01. The second-order valence-electron chi connectivity index (χ2n) is 5.40. The third-order valence-electron chi connectivity index (χ3n) is 4.67. The Labute approximate surface area is 90.7 Å². The Morgan fingerprint density at radius 2 is 2.40 bits per heavy atom. The molecule has 2 bridgehead atoms. The highest BCUT2D eigenvalue weighted by Crippen LogP contribution is 2.58. The molecular formula is C13H18O2. The molecule has 1 aliphatic carbocycles. The van der Waals surface area contributed by atoms with Gasteiger partial charge in [0.15, 0.2) is 0 Å². The Morgan fingerprint density at radius 3 is 3.13 bits per heavy atom. The number of hydrogen-bond acceptors (Lipinski definition) is 2. The lowest BCUT2D eigenvalue weighted by molar-refractivity contribution is -0.130. The van der Waals surface area contributed by atoms with E-state index in [4.69, 9.17) is 4.74 Å². The lowest BCUT2D eigenvalue weighted by Gasteiger charge is -2.31. The van der Waals surface area contributed by atoms with E-state index in [0.29, 0.717) is 11.7 Å². The minimum absolute atomic E-state index is 0.126. The number of ketones is 1. The maximum Gasteiger partial charge on any atom is 0.138 e. The number of ether oxygens (including phenoxy) is 1. The zero-order valence-electron chi connectivity index (χ0n) is 9.45. The molecule has 0 N–H and O–H groups in total. The van der Waals surface area contributed by atoms with E-state index in [1.54, 1.807) is 6.92 Å². The van der Waals surface area contributed by atoms with Crippen molar-refractivity contribution in [2.24, 2.45) is 11.3 Å². The predicted octanol–water partition coefficient (Wildman–Crippen LogP) is 2.48. The Morgan fingerprint density at radius 1 is 1.60 bits per heavy atom. The minimum Gasteiger partial charge on any atom is -0.369 e. The van der Waals surface area contributed by atoms with Gasteiger partial charge in [0.2, 0.25) is 0 Å². The molecule has 0 amide bonds. The van der Waals surface area contributed by atoms with Crippen LogP contribution in [0.5, 0.6) is 0 Å². The molecule has 82 valence electrons. The molecule has 0 spiro atoms. The van der Waals surface area contributed by atoms with Crippen molar-refractivity contribution in [2.75, 3.05) is 0 Å². The average Bonchev–Trinajstić information content (AvgIpc) is 2.67. The normalized spacial score (nSPS) is 47.6. The molecule has 2 unspecified atom stereocenters. The fraction of sp³-hybridized carbons (Fsp3) is 0.769. The second kappa shape index (κ2) is 2.94.